The fourth-order valence-electron chi connectivity index (χ4n) is 4.82. The fraction of sp³-hybridized carbons (Fsp3) is 0.583. The molecule has 6 nitrogen and oxygen atoms in total. The Morgan fingerprint density at radius 1 is 1.03 bits per heavy atom. The zero-order valence-corrected chi connectivity index (χ0v) is 19.3. The van der Waals surface area contributed by atoms with E-state index in [2.05, 4.69) is 4.90 Å². The average Bonchev–Trinajstić information content (AvgIpc) is 3.37. The molecule has 0 spiro atoms. The van der Waals surface area contributed by atoms with Crippen LogP contribution in [0, 0.1) is 0 Å². The van der Waals surface area contributed by atoms with E-state index in [1.54, 1.807) is 6.07 Å². The van der Waals surface area contributed by atoms with Crippen molar-refractivity contribution in [1.82, 2.24) is 19.3 Å². The number of alkyl halides is 2. The Hall–Kier alpha value is -2.48. The van der Waals surface area contributed by atoms with Crippen LogP contribution in [0.15, 0.2) is 24.3 Å². The number of carbonyl (C=O) groups excluding carboxylic acids is 2. The second-order valence-electron chi connectivity index (χ2n) is 9.57. The summed E-state index contributed by atoms with van der Waals surface area (Å²) in [5.41, 5.74) is 1.96. The number of nitrogens with zero attached hydrogens (tertiary/aromatic N) is 4. The van der Waals surface area contributed by atoms with E-state index in [1.165, 1.54) is 4.90 Å². The Bertz CT molecular complexity index is 1020. The van der Waals surface area contributed by atoms with E-state index in [0.717, 1.165) is 23.9 Å². The van der Waals surface area contributed by atoms with E-state index in [-0.39, 0.29) is 43.8 Å². The first kappa shape index (κ1) is 22.7. The van der Waals surface area contributed by atoms with Crippen LogP contribution in [0.2, 0.25) is 0 Å². The van der Waals surface area contributed by atoms with Gasteiger partial charge in [-0.25, -0.2) is 8.78 Å². The SMILES string of the molecule is CC(C)n1c(C(=O)N2CCC(F)(F)CC2)cc2cc(C(=O)N3CCC(N(C)C)C3)ccc21. The third kappa shape index (κ3) is 4.25. The maximum absolute atomic E-state index is 13.6. The zero-order valence-electron chi connectivity index (χ0n) is 19.3. The van der Waals surface area contributed by atoms with Gasteiger partial charge in [-0.05, 0) is 58.6 Å². The first-order valence-corrected chi connectivity index (χ1v) is 11.4. The molecule has 2 fully saturated rings. The number of carbonyl (C=O) groups is 2. The van der Waals surface area contributed by atoms with Crippen molar-refractivity contribution in [2.75, 3.05) is 40.3 Å². The van der Waals surface area contributed by atoms with Gasteiger partial charge in [-0.15, -0.1) is 0 Å². The number of piperidine rings is 1. The van der Waals surface area contributed by atoms with Crippen LogP contribution in [0.5, 0.6) is 0 Å². The number of hydrogen-bond acceptors (Lipinski definition) is 3. The van der Waals surface area contributed by atoms with Crippen molar-refractivity contribution in [3.63, 3.8) is 0 Å². The Labute approximate surface area is 187 Å². The monoisotopic (exact) mass is 446 g/mol. The molecule has 1 atom stereocenters. The highest BCUT2D eigenvalue weighted by Gasteiger charge is 2.36. The number of rotatable bonds is 4. The van der Waals surface area contributed by atoms with Crippen LogP contribution in [0.4, 0.5) is 8.78 Å². The molecule has 1 aromatic carbocycles. The molecule has 2 saturated heterocycles. The smallest absolute Gasteiger partial charge is 0.270 e. The van der Waals surface area contributed by atoms with E-state index < -0.39 is 5.92 Å². The van der Waals surface area contributed by atoms with Crippen molar-refractivity contribution < 1.29 is 18.4 Å². The molecular formula is C24H32F2N4O2. The highest BCUT2D eigenvalue weighted by molar-refractivity contribution is 6.02. The topological polar surface area (TPSA) is 48.8 Å². The highest BCUT2D eigenvalue weighted by atomic mass is 19.3. The van der Waals surface area contributed by atoms with Gasteiger partial charge in [0, 0.05) is 67.6 Å². The third-order valence-electron chi connectivity index (χ3n) is 6.78. The first-order chi connectivity index (χ1) is 15.1. The molecule has 8 heteroatoms. The van der Waals surface area contributed by atoms with Gasteiger partial charge in [0.25, 0.3) is 17.7 Å². The Morgan fingerprint density at radius 2 is 1.72 bits per heavy atom. The molecule has 4 rings (SSSR count). The van der Waals surface area contributed by atoms with Crippen LogP contribution in [0.3, 0.4) is 0 Å². The van der Waals surface area contributed by atoms with E-state index >= 15 is 0 Å². The molecule has 2 aliphatic rings. The molecule has 3 heterocycles. The lowest BCUT2D eigenvalue weighted by molar-refractivity contribution is -0.0495. The van der Waals surface area contributed by atoms with Gasteiger partial charge in [-0.2, -0.15) is 0 Å². The number of fused-ring (bicyclic) bond motifs is 1. The molecule has 32 heavy (non-hydrogen) atoms. The summed E-state index contributed by atoms with van der Waals surface area (Å²) in [6.07, 6.45) is 0.352. The number of benzene rings is 1. The zero-order chi connectivity index (χ0) is 23.2. The van der Waals surface area contributed by atoms with Crippen LogP contribution in [0.1, 0.15) is 60.0 Å². The molecule has 1 aromatic heterocycles. The number of amides is 2. The van der Waals surface area contributed by atoms with Crippen LogP contribution in [-0.4, -0.2) is 83.3 Å². The summed E-state index contributed by atoms with van der Waals surface area (Å²) in [5.74, 6) is -2.93. The summed E-state index contributed by atoms with van der Waals surface area (Å²) in [7, 11) is 4.06. The second-order valence-corrected chi connectivity index (χ2v) is 9.57. The minimum Gasteiger partial charge on any atom is -0.337 e. The van der Waals surface area contributed by atoms with Crippen molar-refractivity contribution in [3.05, 3.63) is 35.5 Å². The van der Waals surface area contributed by atoms with Crippen molar-refractivity contribution >= 4 is 22.7 Å². The van der Waals surface area contributed by atoms with Crippen molar-refractivity contribution in [1.29, 1.82) is 0 Å². The number of hydrogen-bond donors (Lipinski definition) is 0. The molecule has 174 valence electrons. The largest absolute Gasteiger partial charge is 0.337 e. The molecular weight excluding hydrogens is 414 g/mol. The van der Waals surface area contributed by atoms with E-state index in [0.29, 0.717) is 23.8 Å². The Morgan fingerprint density at radius 3 is 2.31 bits per heavy atom. The Kier molecular flexibility index (Phi) is 6.00. The summed E-state index contributed by atoms with van der Waals surface area (Å²) < 4.78 is 29.0. The van der Waals surface area contributed by atoms with E-state index in [1.807, 2.05) is 55.6 Å². The summed E-state index contributed by atoms with van der Waals surface area (Å²) >= 11 is 0. The Balaban J connectivity index is 1.62. The number of likely N-dealkylation sites (N-methyl/N-ethyl adjacent to an activating group) is 1. The van der Waals surface area contributed by atoms with Gasteiger partial charge in [-0.3, -0.25) is 9.59 Å². The van der Waals surface area contributed by atoms with Crippen molar-refractivity contribution in [2.45, 2.75) is 51.1 Å². The van der Waals surface area contributed by atoms with Crippen LogP contribution < -0.4 is 0 Å². The summed E-state index contributed by atoms with van der Waals surface area (Å²) in [4.78, 5) is 31.8. The van der Waals surface area contributed by atoms with Gasteiger partial charge in [0.05, 0.1) is 0 Å². The lowest BCUT2D eigenvalue weighted by Crippen LogP contribution is -2.43. The van der Waals surface area contributed by atoms with E-state index in [9.17, 15) is 18.4 Å². The van der Waals surface area contributed by atoms with Gasteiger partial charge in [-0.1, -0.05) is 0 Å². The van der Waals surface area contributed by atoms with Crippen molar-refractivity contribution in [3.8, 4) is 0 Å². The standard InChI is InChI=1S/C24H32F2N4O2/c1-16(2)30-20-6-5-17(22(31)29-10-7-19(15-29)27(3)4)13-18(20)14-21(30)23(32)28-11-8-24(25,26)9-12-28/h5-6,13-14,16,19H,7-12,15H2,1-4H3. The fourth-order valence-corrected chi connectivity index (χ4v) is 4.82. The molecule has 2 aromatic rings. The summed E-state index contributed by atoms with van der Waals surface area (Å²) in [5, 5.41) is 0.818. The number of likely N-dealkylation sites (tertiary alicyclic amines) is 2. The minimum atomic E-state index is -2.70. The third-order valence-corrected chi connectivity index (χ3v) is 6.78. The molecule has 0 bridgehead atoms. The number of halogens is 2. The normalized spacial score (nSPS) is 21.2. The molecule has 0 N–H and O–H groups in total. The van der Waals surface area contributed by atoms with Crippen LogP contribution in [0.25, 0.3) is 10.9 Å². The van der Waals surface area contributed by atoms with Gasteiger partial charge in [0.2, 0.25) is 0 Å². The van der Waals surface area contributed by atoms with E-state index in [4.69, 9.17) is 0 Å². The van der Waals surface area contributed by atoms with Crippen LogP contribution >= 0.6 is 0 Å². The number of aromatic nitrogens is 1. The highest BCUT2D eigenvalue weighted by Crippen LogP contribution is 2.31. The predicted octanol–water partition coefficient (Wildman–Crippen LogP) is 3.87. The van der Waals surface area contributed by atoms with Crippen molar-refractivity contribution in [2.24, 2.45) is 0 Å². The summed E-state index contributed by atoms with van der Waals surface area (Å²) in [6.45, 7) is 5.53. The second kappa shape index (κ2) is 8.46. The molecule has 2 amide bonds. The quantitative estimate of drug-likeness (QED) is 0.717. The molecule has 1 unspecified atom stereocenters. The average molecular weight is 447 g/mol. The lowest BCUT2D eigenvalue weighted by atomic mass is 10.1. The maximum Gasteiger partial charge on any atom is 0.270 e. The van der Waals surface area contributed by atoms with Gasteiger partial charge >= 0.3 is 0 Å². The first-order valence-electron chi connectivity index (χ1n) is 11.4. The molecule has 0 radical (unpaired) electrons. The molecule has 0 aliphatic carbocycles. The van der Waals surface area contributed by atoms with Gasteiger partial charge in [0.15, 0.2) is 0 Å². The summed E-state index contributed by atoms with van der Waals surface area (Å²) in [6, 6.07) is 7.74. The lowest BCUT2D eigenvalue weighted by Gasteiger charge is -2.32. The molecule has 2 aliphatic heterocycles. The van der Waals surface area contributed by atoms with Gasteiger partial charge < -0.3 is 19.3 Å². The molecule has 0 saturated carbocycles. The predicted molar refractivity (Wildman–Crippen MR) is 120 cm³/mol. The van der Waals surface area contributed by atoms with Crippen LogP contribution in [-0.2, 0) is 0 Å². The minimum absolute atomic E-state index is 0.000291. The maximum atomic E-state index is 13.6. The van der Waals surface area contributed by atoms with Gasteiger partial charge in [0.1, 0.15) is 5.69 Å².